The fourth-order valence-electron chi connectivity index (χ4n) is 1.55. The van der Waals surface area contributed by atoms with Crippen molar-refractivity contribution >= 4 is 0 Å². The Morgan fingerprint density at radius 1 is 1.40 bits per heavy atom. The molecule has 1 atom stereocenters. The van der Waals surface area contributed by atoms with E-state index in [2.05, 4.69) is 0 Å². The number of rotatable bonds is 2. The Balaban J connectivity index is 2.50. The van der Waals surface area contributed by atoms with Gasteiger partial charge in [0.25, 0.3) is 0 Å². The largest absolute Gasteiger partial charge is 0.486 e. The highest BCUT2D eigenvalue weighted by molar-refractivity contribution is 5.49. The minimum absolute atomic E-state index is 0.176. The zero-order valence-electron chi connectivity index (χ0n) is 8.07. The van der Waals surface area contributed by atoms with Gasteiger partial charge in [0.1, 0.15) is 19.0 Å². The second-order valence-corrected chi connectivity index (χ2v) is 3.27. The van der Waals surface area contributed by atoms with Gasteiger partial charge in [0, 0.05) is 0 Å². The molecule has 1 aromatic carbocycles. The van der Waals surface area contributed by atoms with Gasteiger partial charge in [0.05, 0.1) is 18.2 Å². The predicted octanol–water partition coefficient (Wildman–Crippen LogP) is 0.589. The summed E-state index contributed by atoms with van der Waals surface area (Å²) in [4.78, 5) is 0. The Labute approximate surface area is 86.4 Å². The number of hydrogen-bond acceptors (Lipinski definition) is 4. The Morgan fingerprint density at radius 2 is 2.13 bits per heavy atom. The minimum atomic E-state index is -0.790. The SMILES string of the molecule is NC(CO)c1c(F)ccc2c1OCCO2. The molecule has 0 spiro atoms. The zero-order chi connectivity index (χ0) is 10.8. The minimum Gasteiger partial charge on any atom is -0.486 e. The summed E-state index contributed by atoms with van der Waals surface area (Å²) in [5.41, 5.74) is 5.77. The average Bonchev–Trinajstić information content (AvgIpc) is 2.28. The first-order valence-corrected chi connectivity index (χ1v) is 4.68. The number of nitrogens with two attached hydrogens (primary N) is 1. The van der Waals surface area contributed by atoms with E-state index in [-0.39, 0.29) is 12.2 Å². The van der Waals surface area contributed by atoms with Crippen molar-refractivity contribution in [3.8, 4) is 11.5 Å². The summed E-state index contributed by atoms with van der Waals surface area (Å²) >= 11 is 0. The van der Waals surface area contributed by atoms with Gasteiger partial charge in [-0.25, -0.2) is 4.39 Å². The molecule has 5 heteroatoms. The molecule has 15 heavy (non-hydrogen) atoms. The number of halogens is 1. The van der Waals surface area contributed by atoms with Crippen LogP contribution in [0.15, 0.2) is 12.1 Å². The maximum atomic E-state index is 13.5. The van der Waals surface area contributed by atoms with Crippen LogP contribution in [0.2, 0.25) is 0 Å². The molecule has 0 bridgehead atoms. The van der Waals surface area contributed by atoms with Gasteiger partial charge in [-0.15, -0.1) is 0 Å². The third-order valence-corrected chi connectivity index (χ3v) is 2.26. The smallest absolute Gasteiger partial charge is 0.169 e. The summed E-state index contributed by atoms with van der Waals surface area (Å²) in [6.45, 7) is 0.463. The molecular weight excluding hydrogens is 201 g/mol. The summed E-state index contributed by atoms with van der Waals surface area (Å²) in [5, 5.41) is 8.93. The normalized spacial score (nSPS) is 16.2. The quantitative estimate of drug-likeness (QED) is 0.754. The van der Waals surface area contributed by atoms with Crippen molar-refractivity contribution in [3.63, 3.8) is 0 Å². The molecule has 3 N–H and O–H groups in total. The molecule has 1 aliphatic rings. The highest BCUT2D eigenvalue weighted by Gasteiger charge is 2.23. The molecule has 0 saturated heterocycles. The summed E-state index contributed by atoms with van der Waals surface area (Å²) in [6.07, 6.45) is 0. The highest BCUT2D eigenvalue weighted by atomic mass is 19.1. The predicted molar refractivity (Wildman–Crippen MR) is 51.4 cm³/mol. The van der Waals surface area contributed by atoms with Crippen molar-refractivity contribution in [2.45, 2.75) is 6.04 Å². The molecule has 0 aliphatic carbocycles. The molecule has 0 saturated carbocycles. The maximum Gasteiger partial charge on any atom is 0.169 e. The van der Waals surface area contributed by atoms with E-state index in [9.17, 15) is 4.39 Å². The molecule has 0 fully saturated rings. The van der Waals surface area contributed by atoms with Crippen molar-refractivity contribution in [1.82, 2.24) is 0 Å². The monoisotopic (exact) mass is 213 g/mol. The standard InChI is InChI=1S/C10H12FNO3/c11-6-1-2-8-10(15-4-3-14-8)9(6)7(12)5-13/h1-2,7,13H,3-5,12H2. The lowest BCUT2D eigenvalue weighted by Gasteiger charge is -2.23. The second-order valence-electron chi connectivity index (χ2n) is 3.27. The van der Waals surface area contributed by atoms with Gasteiger partial charge >= 0.3 is 0 Å². The van der Waals surface area contributed by atoms with Crippen molar-refractivity contribution in [2.24, 2.45) is 5.73 Å². The topological polar surface area (TPSA) is 64.7 Å². The van der Waals surface area contributed by atoms with Crippen molar-refractivity contribution in [1.29, 1.82) is 0 Å². The average molecular weight is 213 g/mol. The molecule has 4 nitrogen and oxygen atoms in total. The fourth-order valence-corrected chi connectivity index (χ4v) is 1.55. The summed E-state index contributed by atoms with van der Waals surface area (Å²) in [7, 11) is 0. The van der Waals surface area contributed by atoms with Gasteiger partial charge in [0.2, 0.25) is 0 Å². The fraction of sp³-hybridized carbons (Fsp3) is 0.400. The molecule has 0 amide bonds. The van der Waals surface area contributed by atoms with Crippen LogP contribution in [0.1, 0.15) is 11.6 Å². The number of hydrogen-bond donors (Lipinski definition) is 2. The Bertz CT molecular complexity index is 370. The second kappa shape index (κ2) is 4.04. The van der Waals surface area contributed by atoms with Gasteiger partial charge < -0.3 is 20.3 Å². The number of ether oxygens (including phenoxy) is 2. The van der Waals surface area contributed by atoms with E-state index in [1.54, 1.807) is 0 Å². The summed E-state index contributed by atoms with van der Waals surface area (Å²) in [5.74, 6) is 0.296. The first kappa shape index (κ1) is 10.2. The molecule has 1 heterocycles. The Hall–Kier alpha value is -1.33. The molecule has 0 aromatic heterocycles. The van der Waals surface area contributed by atoms with E-state index in [0.29, 0.717) is 24.7 Å². The first-order valence-electron chi connectivity index (χ1n) is 4.68. The molecule has 1 aliphatic heterocycles. The molecule has 82 valence electrons. The molecule has 1 aromatic rings. The van der Waals surface area contributed by atoms with E-state index in [4.69, 9.17) is 20.3 Å². The van der Waals surface area contributed by atoms with Crippen LogP contribution in [0.3, 0.4) is 0 Å². The van der Waals surface area contributed by atoms with Crippen molar-refractivity contribution < 1.29 is 19.0 Å². The van der Waals surface area contributed by atoms with Gasteiger partial charge in [-0.1, -0.05) is 0 Å². The van der Waals surface area contributed by atoms with E-state index in [1.165, 1.54) is 12.1 Å². The van der Waals surface area contributed by atoms with Gasteiger partial charge in [0.15, 0.2) is 11.5 Å². The van der Waals surface area contributed by atoms with Gasteiger partial charge in [-0.05, 0) is 12.1 Å². The Morgan fingerprint density at radius 3 is 2.87 bits per heavy atom. The molecule has 1 unspecified atom stereocenters. The number of aliphatic hydroxyl groups excluding tert-OH is 1. The van der Waals surface area contributed by atoms with Crippen LogP contribution in [0.4, 0.5) is 4.39 Å². The summed E-state index contributed by atoms with van der Waals surface area (Å²) < 4.78 is 24.1. The van der Waals surface area contributed by atoms with Crippen LogP contribution < -0.4 is 15.2 Å². The van der Waals surface area contributed by atoms with Crippen LogP contribution >= 0.6 is 0 Å². The molecule has 0 radical (unpaired) electrons. The third-order valence-electron chi connectivity index (χ3n) is 2.26. The lowest BCUT2D eigenvalue weighted by molar-refractivity contribution is 0.165. The molecule has 2 rings (SSSR count). The van der Waals surface area contributed by atoms with E-state index >= 15 is 0 Å². The number of aliphatic hydroxyl groups is 1. The van der Waals surface area contributed by atoms with Gasteiger partial charge in [-0.2, -0.15) is 0 Å². The highest BCUT2D eigenvalue weighted by Crippen LogP contribution is 2.37. The van der Waals surface area contributed by atoms with E-state index in [0.717, 1.165) is 0 Å². The van der Waals surface area contributed by atoms with E-state index < -0.39 is 11.9 Å². The summed E-state index contributed by atoms with van der Waals surface area (Å²) in [6, 6.07) is 1.97. The van der Waals surface area contributed by atoms with Crippen LogP contribution in [0.25, 0.3) is 0 Å². The van der Waals surface area contributed by atoms with Crippen LogP contribution in [0, 0.1) is 5.82 Å². The van der Waals surface area contributed by atoms with Crippen LogP contribution in [0.5, 0.6) is 11.5 Å². The van der Waals surface area contributed by atoms with Gasteiger partial charge in [-0.3, -0.25) is 0 Å². The van der Waals surface area contributed by atoms with Crippen LogP contribution in [-0.2, 0) is 0 Å². The number of fused-ring (bicyclic) bond motifs is 1. The van der Waals surface area contributed by atoms with Crippen molar-refractivity contribution in [3.05, 3.63) is 23.5 Å². The maximum absolute atomic E-state index is 13.5. The number of benzene rings is 1. The van der Waals surface area contributed by atoms with Crippen LogP contribution in [-0.4, -0.2) is 24.9 Å². The first-order chi connectivity index (χ1) is 7.24. The van der Waals surface area contributed by atoms with Crippen molar-refractivity contribution in [2.75, 3.05) is 19.8 Å². The zero-order valence-corrected chi connectivity index (χ0v) is 8.07. The lowest BCUT2D eigenvalue weighted by atomic mass is 10.1. The molecular formula is C10H12FNO3. The third kappa shape index (κ3) is 1.75. The lowest BCUT2D eigenvalue weighted by Crippen LogP contribution is -2.22. The Kier molecular flexibility index (Phi) is 2.75. The van der Waals surface area contributed by atoms with E-state index in [1.807, 2.05) is 0 Å².